The van der Waals surface area contributed by atoms with Gasteiger partial charge in [0, 0.05) is 43.1 Å². The van der Waals surface area contributed by atoms with Gasteiger partial charge in [0.05, 0.1) is 0 Å². The van der Waals surface area contributed by atoms with E-state index in [-0.39, 0.29) is 0 Å². The zero-order valence-electron chi connectivity index (χ0n) is 12.5. The molecule has 1 saturated heterocycles. The fraction of sp³-hybridized carbons (Fsp3) is 0.625. The molecule has 2 unspecified atom stereocenters. The van der Waals surface area contributed by atoms with Crippen LogP contribution in [0.2, 0.25) is 0 Å². The predicted molar refractivity (Wildman–Crippen MR) is 84.0 cm³/mol. The van der Waals surface area contributed by atoms with Crippen LogP contribution < -0.4 is 15.5 Å². The van der Waals surface area contributed by atoms with Crippen molar-refractivity contribution < 1.29 is 0 Å². The molecule has 2 N–H and O–H groups in total. The molecule has 0 amide bonds. The Labute approximate surface area is 117 Å². The first kappa shape index (κ1) is 14.2. The summed E-state index contributed by atoms with van der Waals surface area (Å²) in [5.41, 5.74) is 8.68. The molecule has 19 heavy (non-hydrogen) atoms. The molecule has 0 bridgehead atoms. The molecule has 1 aliphatic rings. The van der Waals surface area contributed by atoms with Crippen molar-refractivity contribution in [3.8, 4) is 0 Å². The van der Waals surface area contributed by atoms with Gasteiger partial charge >= 0.3 is 0 Å². The summed E-state index contributed by atoms with van der Waals surface area (Å²) in [6.45, 7) is 9.87. The van der Waals surface area contributed by atoms with Gasteiger partial charge in [-0.2, -0.15) is 0 Å². The molecule has 0 saturated carbocycles. The molecule has 0 aliphatic carbocycles. The molecule has 2 atom stereocenters. The average molecular weight is 261 g/mol. The number of hydrogen-bond acceptors (Lipinski definition) is 3. The summed E-state index contributed by atoms with van der Waals surface area (Å²) in [5, 5.41) is 0. The van der Waals surface area contributed by atoms with E-state index in [1.807, 2.05) is 0 Å². The summed E-state index contributed by atoms with van der Waals surface area (Å²) in [7, 11) is 0. The van der Waals surface area contributed by atoms with E-state index in [0.29, 0.717) is 12.1 Å². The maximum absolute atomic E-state index is 6.03. The third kappa shape index (κ3) is 3.21. The topological polar surface area (TPSA) is 32.5 Å². The summed E-state index contributed by atoms with van der Waals surface area (Å²) in [5.74, 6) is 0. The lowest BCUT2D eigenvalue weighted by molar-refractivity contribution is 0.430. The predicted octanol–water partition coefficient (Wildman–Crippen LogP) is 2.85. The monoisotopic (exact) mass is 261 g/mol. The largest absolute Gasteiger partial charge is 0.372 e. The standard InChI is InChI=1S/C16H27N3/c1-4-18(5-2)15-6-8-16(9-7-15)19-11-10-14(17)12-13(19)3/h6-9,13-14H,4-5,10-12,17H2,1-3H3. The lowest BCUT2D eigenvalue weighted by Crippen LogP contribution is -2.45. The van der Waals surface area contributed by atoms with E-state index in [2.05, 4.69) is 54.8 Å². The third-order valence-electron chi connectivity index (χ3n) is 4.23. The van der Waals surface area contributed by atoms with Crippen LogP contribution in [0.15, 0.2) is 24.3 Å². The fourth-order valence-corrected chi connectivity index (χ4v) is 3.04. The molecule has 1 aromatic rings. The molecule has 3 heteroatoms. The van der Waals surface area contributed by atoms with Gasteiger partial charge in [-0.25, -0.2) is 0 Å². The van der Waals surface area contributed by atoms with E-state index in [0.717, 1.165) is 32.5 Å². The second-order valence-corrected chi connectivity index (χ2v) is 5.52. The summed E-state index contributed by atoms with van der Waals surface area (Å²) in [6, 6.07) is 9.90. The van der Waals surface area contributed by atoms with Gasteiger partial charge in [0.15, 0.2) is 0 Å². The van der Waals surface area contributed by atoms with Crippen LogP contribution in [0.4, 0.5) is 11.4 Å². The summed E-state index contributed by atoms with van der Waals surface area (Å²) in [6.07, 6.45) is 2.19. The smallest absolute Gasteiger partial charge is 0.0370 e. The number of rotatable bonds is 4. The van der Waals surface area contributed by atoms with Gasteiger partial charge in [0.1, 0.15) is 0 Å². The second kappa shape index (κ2) is 6.29. The maximum atomic E-state index is 6.03. The molecule has 0 spiro atoms. The van der Waals surface area contributed by atoms with E-state index in [1.165, 1.54) is 11.4 Å². The van der Waals surface area contributed by atoms with Crippen molar-refractivity contribution >= 4 is 11.4 Å². The van der Waals surface area contributed by atoms with Crippen molar-refractivity contribution in [3.63, 3.8) is 0 Å². The molecule has 3 nitrogen and oxygen atoms in total. The Hall–Kier alpha value is -1.22. The Kier molecular flexibility index (Phi) is 4.70. The summed E-state index contributed by atoms with van der Waals surface area (Å²) < 4.78 is 0. The minimum atomic E-state index is 0.376. The molecule has 0 radical (unpaired) electrons. The van der Waals surface area contributed by atoms with Gasteiger partial charge in [-0.3, -0.25) is 0 Å². The second-order valence-electron chi connectivity index (χ2n) is 5.52. The van der Waals surface area contributed by atoms with Gasteiger partial charge in [0.2, 0.25) is 0 Å². The number of nitrogens with two attached hydrogens (primary N) is 1. The summed E-state index contributed by atoms with van der Waals surface area (Å²) >= 11 is 0. The first-order valence-electron chi connectivity index (χ1n) is 7.53. The highest BCUT2D eigenvalue weighted by molar-refractivity contribution is 5.57. The van der Waals surface area contributed by atoms with Crippen LogP contribution in [0.25, 0.3) is 0 Å². The van der Waals surface area contributed by atoms with Crippen LogP contribution in [0.1, 0.15) is 33.6 Å². The molecule has 1 heterocycles. The number of hydrogen-bond donors (Lipinski definition) is 1. The van der Waals surface area contributed by atoms with Crippen LogP contribution >= 0.6 is 0 Å². The lowest BCUT2D eigenvalue weighted by atomic mass is 9.98. The zero-order chi connectivity index (χ0) is 13.8. The van der Waals surface area contributed by atoms with E-state index >= 15 is 0 Å². The minimum Gasteiger partial charge on any atom is -0.372 e. The van der Waals surface area contributed by atoms with Crippen LogP contribution in [0.5, 0.6) is 0 Å². The van der Waals surface area contributed by atoms with Crippen molar-refractivity contribution in [2.45, 2.75) is 45.7 Å². The highest BCUT2D eigenvalue weighted by Crippen LogP contribution is 2.26. The van der Waals surface area contributed by atoms with Crippen molar-refractivity contribution in [1.82, 2.24) is 0 Å². The van der Waals surface area contributed by atoms with Crippen molar-refractivity contribution in [3.05, 3.63) is 24.3 Å². The molecule has 106 valence electrons. The Morgan fingerprint density at radius 2 is 1.84 bits per heavy atom. The Morgan fingerprint density at radius 3 is 2.37 bits per heavy atom. The van der Waals surface area contributed by atoms with Crippen molar-refractivity contribution in [2.75, 3.05) is 29.4 Å². The summed E-state index contributed by atoms with van der Waals surface area (Å²) in [4.78, 5) is 4.86. The molecule has 1 aromatic carbocycles. The van der Waals surface area contributed by atoms with Gasteiger partial charge in [-0.05, 0) is 57.9 Å². The number of piperidine rings is 1. The zero-order valence-corrected chi connectivity index (χ0v) is 12.5. The van der Waals surface area contributed by atoms with Crippen LogP contribution in [-0.4, -0.2) is 31.7 Å². The van der Waals surface area contributed by atoms with Crippen molar-refractivity contribution in [2.24, 2.45) is 5.73 Å². The minimum absolute atomic E-state index is 0.376. The number of benzene rings is 1. The lowest BCUT2D eigenvalue weighted by Gasteiger charge is -2.38. The average Bonchev–Trinajstić information content (AvgIpc) is 2.41. The Bertz CT molecular complexity index is 383. The molecular weight excluding hydrogens is 234 g/mol. The van der Waals surface area contributed by atoms with E-state index in [9.17, 15) is 0 Å². The van der Waals surface area contributed by atoms with E-state index < -0.39 is 0 Å². The maximum Gasteiger partial charge on any atom is 0.0370 e. The Balaban J connectivity index is 2.09. The Morgan fingerprint density at radius 1 is 1.21 bits per heavy atom. The SMILES string of the molecule is CCN(CC)c1ccc(N2CCC(N)CC2C)cc1. The molecular formula is C16H27N3. The van der Waals surface area contributed by atoms with Crippen LogP contribution in [0.3, 0.4) is 0 Å². The van der Waals surface area contributed by atoms with Gasteiger partial charge in [-0.15, -0.1) is 0 Å². The van der Waals surface area contributed by atoms with Crippen LogP contribution in [-0.2, 0) is 0 Å². The number of nitrogens with zero attached hydrogens (tertiary/aromatic N) is 2. The first-order valence-corrected chi connectivity index (χ1v) is 7.53. The van der Waals surface area contributed by atoms with Gasteiger partial charge in [-0.1, -0.05) is 0 Å². The molecule has 1 fully saturated rings. The first-order chi connectivity index (χ1) is 9.15. The van der Waals surface area contributed by atoms with Gasteiger partial charge in [0.25, 0.3) is 0 Å². The van der Waals surface area contributed by atoms with E-state index in [4.69, 9.17) is 5.73 Å². The molecule has 2 rings (SSSR count). The highest BCUT2D eigenvalue weighted by Gasteiger charge is 2.23. The quantitative estimate of drug-likeness (QED) is 0.904. The fourth-order valence-electron chi connectivity index (χ4n) is 3.04. The van der Waals surface area contributed by atoms with Gasteiger partial charge < -0.3 is 15.5 Å². The molecule has 0 aromatic heterocycles. The normalized spacial score (nSPS) is 23.5. The van der Waals surface area contributed by atoms with E-state index in [1.54, 1.807) is 0 Å². The van der Waals surface area contributed by atoms with Crippen molar-refractivity contribution in [1.29, 1.82) is 0 Å². The third-order valence-corrected chi connectivity index (χ3v) is 4.23. The van der Waals surface area contributed by atoms with Crippen LogP contribution in [0, 0.1) is 0 Å². The molecule has 1 aliphatic heterocycles. The highest BCUT2D eigenvalue weighted by atomic mass is 15.2. The number of anilines is 2.